The van der Waals surface area contributed by atoms with E-state index in [4.69, 9.17) is 10.8 Å². The fraction of sp³-hybridized carbons (Fsp3) is 0.350. The highest BCUT2D eigenvalue weighted by Gasteiger charge is 2.02. The van der Waals surface area contributed by atoms with E-state index in [0.29, 0.717) is 18.4 Å². The van der Waals surface area contributed by atoms with Crippen molar-refractivity contribution in [3.8, 4) is 0 Å². The summed E-state index contributed by atoms with van der Waals surface area (Å²) in [5, 5.41) is 12.2. The van der Waals surface area contributed by atoms with Crippen LogP contribution >= 0.6 is 0 Å². The molecule has 0 saturated carbocycles. The van der Waals surface area contributed by atoms with Crippen LogP contribution in [-0.2, 0) is 13.0 Å². The lowest BCUT2D eigenvalue weighted by Crippen LogP contribution is -2.23. The molecule has 0 aliphatic heterocycles. The molecule has 2 rings (SSSR count). The number of aliphatic imine (C=N–C) groups is 1. The smallest absolute Gasteiger partial charge is 0.193 e. The topological polar surface area (TPSA) is 70.6 Å². The lowest BCUT2D eigenvalue weighted by Gasteiger charge is -2.10. The van der Waals surface area contributed by atoms with Crippen LogP contribution in [0.15, 0.2) is 53.5 Å². The van der Waals surface area contributed by atoms with Crippen LogP contribution in [-0.4, -0.2) is 17.6 Å². The first-order valence-electron chi connectivity index (χ1n) is 8.48. The largest absolute Gasteiger partial charge is 0.392 e. The Labute approximate surface area is 144 Å². The number of guanidine groups is 1. The van der Waals surface area contributed by atoms with E-state index >= 15 is 0 Å². The first-order valence-corrected chi connectivity index (χ1v) is 8.48. The number of rotatable bonds is 7. The summed E-state index contributed by atoms with van der Waals surface area (Å²) >= 11 is 0. The summed E-state index contributed by atoms with van der Waals surface area (Å²) in [6.45, 7) is 5.12. The van der Waals surface area contributed by atoms with Gasteiger partial charge in [0.15, 0.2) is 5.96 Å². The maximum Gasteiger partial charge on any atom is 0.193 e. The molecule has 0 spiro atoms. The van der Waals surface area contributed by atoms with E-state index in [9.17, 15) is 0 Å². The molecule has 4 N–H and O–H groups in total. The van der Waals surface area contributed by atoms with E-state index in [1.54, 1.807) is 0 Å². The molecule has 1 atom stereocenters. The number of aliphatic hydroxyl groups is 1. The fourth-order valence-electron chi connectivity index (χ4n) is 2.43. The SMILES string of the molecule is CCC(C)c1ccc(NC(N)=NCCc2ccc(CO)cc2)cc1. The van der Waals surface area contributed by atoms with Gasteiger partial charge < -0.3 is 16.2 Å². The Morgan fingerprint density at radius 3 is 2.29 bits per heavy atom. The van der Waals surface area contributed by atoms with Gasteiger partial charge in [-0.2, -0.15) is 0 Å². The molecule has 2 aromatic rings. The lowest BCUT2D eigenvalue weighted by molar-refractivity contribution is 0.282. The van der Waals surface area contributed by atoms with Gasteiger partial charge in [0.2, 0.25) is 0 Å². The Morgan fingerprint density at radius 2 is 1.71 bits per heavy atom. The molecule has 2 aromatic carbocycles. The van der Waals surface area contributed by atoms with Crippen molar-refractivity contribution in [1.82, 2.24) is 0 Å². The van der Waals surface area contributed by atoms with Crippen LogP contribution in [0, 0.1) is 0 Å². The van der Waals surface area contributed by atoms with E-state index in [-0.39, 0.29) is 6.61 Å². The van der Waals surface area contributed by atoms with Crippen molar-refractivity contribution in [2.75, 3.05) is 11.9 Å². The van der Waals surface area contributed by atoms with Gasteiger partial charge in [-0.05, 0) is 47.6 Å². The van der Waals surface area contributed by atoms with Gasteiger partial charge >= 0.3 is 0 Å². The van der Waals surface area contributed by atoms with E-state index in [1.807, 2.05) is 36.4 Å². The van der Waals surface area contributed by atoms with Crippen LogP contribution in [0.4, 0.5) is 5.69 Å². The van der Waals surface area contributed by atoms with Gasteiger partial charge in [-0.25, -0.2) is 0 Å². The third-order valence-corrected chi connectivity index (χ3v) is 4.25. The van der Waals surface area contributed by atoms with Crippen molar-refractivity contribution in [2.24, 2.45) is 10.7 Å². The molecule has 4 nitrogen and oxygen atoms in total. The van der Waals surface area contributed by atoms with Crippen molar-refractivity contribution >= 4 is 11.6 Å². The second-order valence-corrected chi connectivity index (χ2v) is 6.05. The summed E-state index contributed by atoms with van der Waals surface area (Å²) < 4.78 is 0. The van der Waals surface area contributed by atoms with Gasteiger partial charge in [0.25, 0.3) is 0 Å². The molecule has 1 unspecified atom stereocenters. The van der Waals surface area contributed by atoms with Gasteiger partial charge in [0, 0.05) is 12.2 Å². The molecule has 0 amide bonds. The molecule has 0 aliphatic rings. The van der Waals surface area contributed by atoms with Gasteiger partial charge in [0.1, 0.15) is 0 Å². The number of hydrogen-bond donors (Lipinski definition) is 3. The predicted octanol–water partition coefficient (Wildman–Crippen LogP) is 3.66. The number of nitrogens with zero attached hydrogens (tertiary/aromatic N) is 1. The number of hydrogen-bond acceptors (Lipinski definition) is 2. The highest BCUT2D eigenvalue weighted by molar-refractivity contribution is 5.92. The van der Waals surface area contributed by atoms with Crippen LogP contribution in [0.2, 0.25) is 0 Å². The van der Waals surface area contributed by atoms with Crippen LogP contribution in [0.1, 0.15) is 42.9 Å². The van der Waals surface area contributed by atoms with Crippen LogP contribution < -0.4 is 11.1 Å². The Bertz CT molecular complexity index is 648. The van der Waals surface area contributed by atoms with Crippen molar-refractivity contribution in [3.63, 3.8) is 0 Å². The van der Waals surface area contributed by atoms with Gasteiger partial charge in [-0.3, -0.25) is 4.99 Å². The third kappa shape index (κ3) is 5.39. The average Bonchev–Trinajstić information content (AvgIpc) is 2.62. The summed E-state index contributed by atoms with van der Waals surface area (Å²) in [6.07, 6.45) is 1.96. The number of aliphatic hydroxyl groups excluding tert-OH is 1. The summed E-state index contributed by atoms with van der Waals surface area (Å²) in [6, 6.07) is 16.2. The third-order valence-electron chi connectivity index (χ3n) is 4.25. The monoisotopic (exact) mass is 325 g/mol. The Balaban J connectivity index is 1.84. The van der Waals surface area contributed by atoms with Gasteiger partial charge in [0.05, 0.1) is 6.61 Å². The van der Waals surface area contributed by atoms with E-state index in [2.05, 4.69) is 36.3 Å². The van der Waals surface area contributed by atoms with Crippen molar-refractivity contribution < 1.29 is 5.11 Å². The zero-order valence-electron chi connectivity index (χ0n) is 14.5. The number of anilines is 1. The molecule has 128 valence electrons. The number of benzene rings is 2. The zero-order valence-corrected chi connectivity index (χ0v) is 14.5. The zero-order chi connectivity index (χ0) is 17.4. The quantitative estimate of drug-likeness (QED) is 0.537. The minimum absolute atomic E-state index is 0.0745. The summed E-state index contributed by atoms with van der Waals surface area (Å²) in [7, 11) is 0. The number of nitrogens with two attached hydrogens (primary N) is 1. The van der Waals surface area contributed by atoms with E-state index in [1.165, 1.54) is 11.1 Å². The van der Waals surface area contributed by atoms with Crippen molar-refractivity contribution in [2.45, 2.75) is 39.2 Å². The molecule has 4 heteroatoms. The Hall–Kier alpha value is -2.33. The molecular formula is C20H27N3O. The van der Waals surface area contributed by atoms with Crippen LogP contribution in [0.3, 0.4) is 0 Å². The molecule has 0 fully saturated rings. The minimum Gasteiger partial charge on any atom is -0.392 e. The first kappa shape index (κ1) is 18.0. The second-order valence-electron chi connectivity index (χ2n) is 6.05. The van der Waals surface area contributed by atoms with Crippen molar-refractivity contribution in [1.29, 1.82) is 0 Å². The molecule has 0 radical (unpaired) electrons. The van der Waals surface area contributed by atoms with Crippen LogP contribution in [0.5, 0.6) is 0 Å². The summed E-state index contributed by atoms with van der Waals surface area (Å²) in [4.78, 5) is 4.36. The summed E-state index contributed by atoms with van der Waals surface area (Å²) in [5.41, 5.74) is 10.3. The maximum absolute atomic E-state index is 9.03. The minimum atomic E-state index is 0.0745. The summed E-state index contributed by atoms with van der Waals surface area (Å²) in [5.74, 6) is 1.00. The molecule has 0 aromatic heterocycles. The number of nitrogens with one attached hydrogen (secondary N) is 1. The standard InChI is InChI=1S/C20H27N3O/c1-3-15(2)18-8-10-19(11-9-18)23-20(21)22-13-12-16-4-6-17(14-24)7-5-16/h4-11,15,24H,3,12-14H2,1-2H3,(H3,21,22,23). The molecule has 0 bridgehead atoms. The Morgan fingerprint density at radius 1 is 1.08 bits per heavy atom. The highest BCUT2D eigenvalue weighted by atomic mass is 16.3. The van der Waals surface area contributed by atoms with Crippen molar-refractivity contribution in [3.05, 3.63) is 65.2 Å². The van der Waals surface area contributed by atoms with Gasteiger partial charge in [-0.1, -0.05) is 50.2 Å². The lowest BCUT2D eigenvalue weighted by atomic mass is 9.99. The highest BCUT2D eigenvalue weighted by Crippen LogP contribution is 2.20. The van der Waals surface area contributed by atoms with Gasteiger partial charge in [-0.15, -0.1) is 0 Å². The molecular weight excluding hydrogens is 298 g/mol. The average molecular weight is 325 g/mol. The Kier molecular flexibility index (Phi) is 6.82. The first-order chi connectivity index (χ1) is 11.6. The van der Waals surface area contributed by atoms with E-state index in [0.717, 1.165) is 24.1 Å². The fourth-order valence-corrected chi connectivity index (χ4v) is 2.43. The second kappa shape index (κ2) is 9.08. The van der Waals surface area contributed by atoms with E-state index < -0.39 is 0 Å². The predicted molar refractivity (Wildman–Crippen MR) is 101 cm³/mol. The molecule has 0 saturated heterocycles. The normalized spacial score (nSPS) is 12.9. The van der Waals surface area contributed by atoms with Crippen LogP contribution in [0.25, 0.3) is 0 Å². The molecule has 0 heterocycles. The molecule has 0 aliphatic carbocycles. The molecule has 24 heavy (non-hydrogen) atoms. The maximum atomic E-state index is 9.03.